The third kappa shape index (κ3) is 2.93. The van der Waals surface area contributed by atoms with Gasteiger partial charge in [-0.3, -0.25) is 4.68 Å². The van der Waals surface area contributed by atoms with Crippen LogP contribution in [0, 0.1) is 6.92 Å². The molecule has 86 valence electrons. The molecular weight excluding hydrogens is 218 g/mol. The first kappa shape index (κ1) is 11.4. The summed E-state index contributed by atoms with van der Waals surface area (Å²) in [5, 5.41) is 7.67. The van der Waals surface area contributed by atoms with E-state index in [0.29, 0.717) is 6.04 Å². The summed E-state index contributed by atoms with van der Waals surface area (Å²) in [7, 11) is 0. The third-order valence-corrected chi connectivity index (χ3v) is 3.72. The molecule has 2 heterocycles. The Morgan fingerprint density at radius 3 is 3.00 bits per heavy atom. The number of thiophene rings is 1. The van der Waals surface area contributed by atoms with Gasteiger partial charge < -0.3 is 5.32 Å². The molecule has 0 aromatic carbocycles. The minimum Gasteiger partial charge on any atom is -0.308 e. The lowest BCUT2D eigenvalue weighted by Crippen LogP contribution is -2.22. The Kier molecular flexibility index (Phi) is 3.74. The van der Waals surface area contributed by atoms with Gasteiger partial charge in [0.15, 0.2) is 0 Å². The fourth-order valence-electron chi connectivity index (χ4n) is 1.62. The van der Waals surface area contributed by atoms with Gasteiger partial charge in [-0.1, -0.05) is 0 Å². The molecule has 0 aliphatic heterocycles. The Morgan fingerprint density at radius 2 is 2.38 bits per heavy atom. The average molecular weight is 235 g/mol. The second-order valence-electron chi connectivity index (χ2n) is 3.89. The maximum absolute atomic E-state index is 4.17. The van der Waals surface area contributed by atoms with Crippen molar-refractivity contribution in [1.82, 2.24) is 15.1 Å². The number of nitrogens with zero attached hydrogens (tertiary/aromatic N) is 2. The van der Waals surface area contributed by atoms with Crippen molar-refractivity contribution >= 4 is 11.3 Å². The van der Waals surface area contributed by atoms with Crippen molar-refractivity contribution in [2.24, 2.45) is 0 Å². The number of hydrogen-bond donors (Lipinski definition) is 1. The lowest BCUT2D eigenvalue weighted by Gasteiger charge is -2.11. The Labute approximate surface area is 100 Å². The first-order valence-electron chi connectivity index (χ1n) is 5.53. The number of hydrogen-bond acceptors (Lipinski definition) is 3. The highest BCUT2D eigenvalue weighted by Gasteiger charge is 2.06. The van der Waals surface area contributed by atoms with Crippen LogP contribution in [0.4, 0.5) is 0 Å². The van der Waals surface area contributed by atoms with Gasteiger partial charge in [-0.25, -0.2) is 0 Å². The quantitative estimate of drug-likeness (QED) is 0.863. The molecule has 0 bridgehead atoms. The average Bonchev–Trinajstić information content (AvgIpc) is 2.89. The summed E-state index contributed by atoms with van der Waals surface area (Å²) in [5.74, 6) is 0. The molecule has 3 nitrogen and oxygen atoms in total. The summed E-state index contributed by atoms with van der Waals surface area (Å²) < 4.78 is 1.94. The van der Waals surface area contributed by atoms with Crippen LogP contribution in [0.1, 0.15) is 22.7 Å². The first-order valence-corrected chi connectivity index (χ1v) is 6.34. The zero-order chi connectivity index (χ0) is 11.4. The lowest BCUT2D eigenvalue weighted by atomic mass is 10.3. The number of aromatic nitrogens is 2. The number of nitrogens with one attached hydrogen (secondary N) is 1. The SMILES string of the molecule is Cc1ccc(C(C)NCCn2cccn2)s1. The van der Waals surface area contributed by atoms with E-state index in [9.17, 15) is 0 Å². The molecule has 0 fully saturated rings. The molecule has 0 saturated heterocycles. The molecule has 1 N–H and O–H groups in total. The van der Waals surface area contributed by atoms with Gasteiger partial charge >= 0.3 is 0 Å². The smallest absolute Gasteiger partial charge is 0.0534 e. The zero-order valence-corrected chi connectivity index (χ0v) is 10.5. The molecule has 1 unspecified atom stereocenters. The van der Waals surface area contributed by atoms with Crippen LogP contribution in [0.2, 0.25) is 0 Å². The lowest BCUT2D eigenvalue weighted by molar-refractivity contribution is 0.511. The maximum Gasteiger partial charge on any atom is 0.0534 e. The normalized spacial score (nSPS) is 12.9. The Hall–Kier alpha value is -1.13. The fraction of sp³-hybridized carbons (Fsp3) is 0.417. The van der Waals surface area contributed by atoms with E-state index < -0.39 is 0 Å². The van der Waals surface area contributed by atoms with Crippen LogP contribution in [0.25, 0.3) is 0 Å². The highest BCUT2D eigenvalue weighted by Crippen LogP contribution is 2.21. The molecular formula is C12H17N3S. The third-order valence-electron chi connectivity index (χ3n) is 2.54. The van der Waals surface area contributed by atoms with Gasteiger partial charge in [-0.2, -0.15) is 5.10 Å². The molecule has 0 amide bonds. The van der Waals surface area contributed by atoms with Crippen LogP contribution in [-0.4, -0.2) is 16.3 Å². The zero-order valence-electron chi connectivity index (χ0n) is 9.68. The molecule has 2 aromatic heterocycles. The van der Waals surface area contributed by atoms with Gasteiger partial charge in [0.1, 0.15) is 0 Å². The number of aryl methyl sites for hydroxylation is 1. The summed E-state index contributed by atoms with van der Waals surface area (Å²) in [4.78, 5) is 2.77. The highest BCUT2D eigenvalue weighted by molar-refractivity contribution is 7.12. The van der Waals surface area contributed by atoms with Gasteiger partial charge in [0.05, 0.1) is 6.54 Å². The second-order valence-corrected chi connectivity index (χ2v) is 5.21. The van der Waals surface area contributed by atoms with Gasteiger partial charge in [-0.05, 0) is 32.0 Å². The maximum atomic E-state index is 4.17. The van der Waals surface area contributed by atoms with Gasteiger partial charge in [-0.15, -0.1) is 11.3 Å². The standard InChI is InChI=1S/C12H17N3S/c1-10-4-5-12(16-10)11(2)13-7-9-15-8-3-6-14-15/h3-6,8,11,13H,7,9H2,1-2H3. The number of rotatable bonds is 5. The summed E-state index contributed by atoms with van der Waals surface area (Å²) in [5.41, 5.74) is 0. The van der Waals surface area contributed by atoms with E-state index in [1.807, 2.05) is 34.5 Å². The van der Waals surface area contributed by atoms with E-state index in [0.717, 1.165) is 13.1 Å². The van der Waals surface area contributed by atoms with Crippen LogP contribution in [0.3, 0.4) is 0 Å². The molecule has 0 aliphatic rings. The van der Waals surface area contributed by atoms with Crippen molar-refractivity contribution in [1.29, 1.82) is 0 Å². The van der Waals surface area contributed by atoms with Gasteiger partial charge in [0.25, 0.3) is 0 Å². The highest BCUT2D eigenvalue weighted by atomic mass is 32.1. The van der Waals surface area contributed by atoms with E-state index in [1.54, 1.807) is 0 Å². The van der Waals surface area contributed by atoms with Crippen molar-refractivity contribution in [2.75, 3.05) is 6.54 Å². The summed E-state index contributed by atoms with van der Waals surface area (Å²) in [6.07, 6.45) is 3.80. The molecule has 4 heteroatoms. The van der Waals surface area contributed by atoms with Crippen molar-refractivity contribution < 1.29 is 0 Å². The molecule has 16 heavy (non-hydrogen) atoms. The molecule has 2 aromatic rings. The van der Waals surface area contributed by atoms with Crippen molar-refractivity contribution in [3.8, 4) is 0 Å². The van der Waals surface area contributed by atoms with E-state index >= 15 is 0 Å². The first-order chi connectivity index (χ1) is 7.75. The van der Waals surface area contributed by atoms with E-state index in [2.05, 4.69) is 36.4 Å². The van der Waals surface area contributed by atoms with Crippen LogP contribution < -0.4 is 5.32 Å². The molecule has 0 radical (unpaired) electrons. The second kappa shape index (κ2) is 5.27. The predicted molar refractivity (Wildman–Crippen MR) is 67.7 cm³/mol. The van der Waals surface area contributed by atoms with Crippen molar-refractivity contribution in [2.45, 2.75) is 26.4 Å². The fourth-order valence-corrected chi connectivity index (χ4v) is 2.52. The predicted octanol–water partition coefficient (Wildman–Crippen LogP) is 2.60. The minimum absolute atomic E-state index is 0.425. The molecule has 0 aliphatic carbocycles. The van der Waals surface area contributed by atoms with E-state index in [4.69, 9.17) is 0 Å². The van der Waals surface area contributed by atoms with Crippen molar-refractivity contribution in [3.05, 3.63) is 40.3 Å². The minimum atomic E-state index is 0.425. The Bertz CT molecular complexity index is 419. The van der Waals surface area contributed by atoms with E-state index in [-0.39, 0.29) is 0 Å². The monoisotopic (exact) mass is 235 g/mol. The van der Waals surface area contributed by atoms with E-state index in [1.165, 1.54) is 9.75 Å². The van der Waals surface area contributed by atoms with Crippen LogP contribution >= 0.6 is 11.3 Å². The Morgan fingerprint density at radius 1 is 1.50 bits per heavy atom. The van der Waals surface area contributed by atoms with Crippen LogP contribution in [0.5, 0.6) is 0 Å². The molecule has 0 spiro atoms. The molecule has 0 saturated carbocycles. The largest absolute Gasteiger partial charge is 0.308 e. The van der Waals surface area contributed by atoms with Gasteiger partial charge in [0, 0.05) is 34.7 Å². The summed E-state index contributed by atoms with van der Waals surface area (Å²) in [6.45, 7) is 6.21. The molecule has 2 rings (SSSR count). The van der Waals surface area contributed by atoms with Crippen molar-refractivity contribution in [3.63, 3.8) is 0 Å². The summed E-state index contributed by atoms with van der Waals surface area (Å²) >= 11 is 1.86. The Balaban J connectivity index is 1.78. The van der Waals surface area contributed by atoms with Crippen LogP contribution in [-0.2, 0) is 6.54 Å². The van der Waals surface area contributed by atoms with Crippen LogP contribution in [0.15, 0.2) is 30.6 Å². The topological polar surface area (TPSA) is 29.9 Å². The summed E-state index contributed by atoms with van der Waals surface area (Å²) in [6, 6.07) is 6.75. The molecule has 1 atom stereocenters. The van der Waals surface area contributed by atoms with Gasteiger partial charge in [0.2, 0.25) is 0 Å².